The van der Waals surface area contributed by atoms with Crippen LogP contribution in [-0.2, 0) is 16.4 Å². The lowest BCUT2D eigenvalue weighted by atomic mass is 10.3. The zero-order valence-corrected chi connectivity index (χ0v) is 11.5. The molecule has 0 aliphatic carbocycles. The summed E-state index contributed by atoms with van der Waals surface area (Å²) >= 11 is 5.56. The molecule has 1 aromatic heterocycles. The van der Waals surface area contributed by atoms with E-state index in [-0.39, 0.29) is 17.5 Å². The van der Waals surface area contributed by atoms with Crippen molar-refractivity contribution in [1.82, 2.24) is 9.55 Å². The van der Waals surface area contributed by atoms with Crippen LogP contribution < -0.4 is 5.56 Å². The fourth-order valence-electron chi connectivity index (χ4n) is 1.12. The number of aryl methyl sites for hydroxylation is 1. The maximum atomic E-state index is 11.9. The fraction of sp³-hybridized carbons (Fsp3) is 0.600. The van der Waals surface area contributed by atoms with Gasteiger partial charge >= 0.3 is 0 Å². The van der Waals surface area contributed by atoms with Crippen molar-refractivity contribution in [2.75, 3.05) is 5.75 Å². The van der Waals surface area contributed by atoms with Gasteiger partial charge in [-0.05, 0) is 20.8 Å². The zero-order chi connectivity index (χ0) is 13.3. The standard InChI is InChI=1S/C10H15ClN2O3S/c1-10(2,3)17(15,16)7-6-13-5-4-12-8(11)9(13)14/h4-5H,6-7H2,1-3H3. The van der Waals surface area contributed by atoms with Crippen LogP contribution in [0.15, 0.2) is 17.2 Å². The van der Waals surface area contributed by atoms with Crippen molar-refractivity contribution in [3.05, 3.63) is 27.9 Å². The summed E-state index contributed by atoms with van der Waals surface area (Å²) < 4.78 is 24.1. The number of nitrogens with zero attached hydrogens (tertiary/aromatic N) is 2. The topological polar surface area (TPSA) is 69.0 Å². The molecule has 0 saturated carbocycles. The van der Waals surface area contributed by atoms with Crippen molar-refractivity contribution in [3.63, 3.8) is 0 Å². The lowest BCUT2D eigenvalue weighted by molar-refractivity contribution is 0.552. The van der Waals surface area contributed by atoms with E-state index in [1.807, 2.05) is 0 Å². The molecule has 0 bridgehead atoms. The van der Waals surface area contributed by atoms with Crippen LogP contribution in [0.5, 0.6) is 0 Å². The van der Waals surface area contributed by atoms with Gasteiger partial charge in [-0.3, -0.25) is 4.79 Å². The summed E-state index contributed by atoms with van der Waals surface area (Å²) in [5.41, 5.74) is -0.474. The molecule has 7 heteroatoms. The summed E-state index contributed by atoms with van der Waals surface area (Å²) in [5.74, 6) is -0.100. The quantitative estimate of drug-likeness (QED) is 0.830. The van der Waals surface area contributed by atoms with Gasteiger partial charge < -0.3 is 4.57 Å². The third-order valence-corrected chi connectivity index (χ3v) is 5.25. The molecule has 0 unspecified atom stereocenters. The summed E-state index contributed by atoms with van der Waals surface area (Å²) in [6.45, 7) is 4.97. The Morgan fingerprint density at radius 2 is 2.00 bits per heavy atom. The van der Waals surface area contributed by atoms with E-state index in [0.717, 1.165) is 0 Å². The lowest BCUT2D eigenvalue weighted by Crippen LogP contribution is -2.33. The minimum atomic E-state index is -3.25. The minimum absolute atomic E-state index is 0.0840. The Labute approximate surface area is 105 Å². The first-order valence-corrected chi connectivity index (χ1v) is 7.11. The molecule has 0 aromatic carbocycles. The van der Waals surface area contributed by atoms with Crippen LogP contribution in [0.4, 0.5) is 0 Å². The molecule has 0 fully saturated rings. The van der Waals surface area contributed by atoms with Crippen LogP contribution in [0.3, 0.4) is 0 Å². The van der Waals surface area contributed by atoms with Gasteiger partial charge in [-0.2, -0.15) is 0 Å². The molecule has 96 valence electrons. The van der Waals surface area contributed by atoms with Crippen LogP contribution in [0.25, 0.3) is 0 Å². The first-order chi connectivity index (χ1) is 7.65. The molecule has 0 aliphatic heterocycles. The van der Waals surface area contributed by atoms with E-state index in [0.29, 0.717) is 0 Å². The van der Waals surface area contributed by atoms with E-state index >= 15 is 0 Å². The Hall–Kier alpha value is -0.880. The van der Waals surface area contributed by atoms with E-state index in [4.69, 9.17) is 11.6 Å². The lowest BCUT2D eigenvalue weighted by Gasteiger charge is -2.19. The molecular formula is C10H15ClN2O3S. The fourth-order valence-corrected chi connectivity index (χ4v) is 2.34. The highest BCUT2D eigenvalue weighted by Crippen LogP contribution is 2.15. The molecule has 5 nitrogen and oxygen atoms in total. The van der Waals surface area contributed by atoms with Gasteiger partial charge in [0.2, 0.25) is 0 Å². The molecule has 1 aromatic rings. The SMILES string of the molecule is CC(C)(C)S(=O)(=O)CCn1ccnc(Cl)c1=O. The van der Waals surface area contributed by atoms with Crippen LogP contribution >= 0.6 is 11.6 Å². The van der Waals surface area contributed by atoms with Crippen LogP contribution in [-0.4, -0.2) is 28.5 Å². The van der Waals surface area contributed by atoms with Crippen molar-refractivity contribution in [2.45, 2.75) is 32.1 Å². The summed E-state index contributed by atoms with van der Waals surface area (Å²) in [6, 6.07) is 0. The average Bonchev–Trinajstić information content (AvgIpc) is 2.18. The van der Waals surface area contributed by atoms with Gasteiger partial charge in [0.05, 0.1) is 10.5 Å². The van der Waals surface area contributed by atoms with Crippen LogP contribution in [0.2, 0.25) is 5.15 Å². The van der Waals surface area contributed by atoms with E-state index < -0.39 is 20.1 Å². The van der Waals surface area contributed by atoms with Gasteiger partial charge in [-0.25, -0.2) is 13.4 Å². The molecule has 0 spiro atoms. The summed E-state index contributed by atoms with van der Waals surface area (Å²) in [4.78, 5) is 15.1. The van der Waals surface area contributed by atoms with Crippen molar-refractivity contribution in [2.24, 2.45) is 0 Å². The van der Waals surface area contributed by atoms with Gasteiger partial charge in [-0.1, -0.05) is 11.6 Å². The summed E-state index contributed by atoms with van der Waals surface area (Å²) in [5, 5.41) is -0.152. The molecule has 0 saturated heterocycles. The van der Waals surface area contributed by atoms with E-state index in [1.54, 1.807) is 20.8 Å². The molecule has 1 heterocycles. The molecule has 0 radical (unpaired) electrons. The van der Waals surface area contributed by atoms with Gasteiger partial charge in [0.25, 0.3) is 5.56 Å². The molecule has 0 atom stereocenters. The number of hydrogen-bond acceptors (Lipinski definition) is 4. The molecule has 17 heavy (non-hydrogen) atoms. The van der Waals surface area contributed by atoms with Gasteiger partial charge in [0, 0.05) is 18.9 Å². The van der Waals surface area contributed by atoms with E-state index in [9.17, 15) is 13.2 Å². The van der Waals surface area contributed by atoms with Gasteiger partial charge in [-0.15, -0.1) is 0 Å². The molecule has 0 N–H and O–H groups in total. The first-order valence-electron chi connectivity index (χ1n) is 5.08. The summed E-state index contributed by atoms with van der Waals surface area (Å²) in [6.07, 6.45) is 2.79. The van der Waals surface area contributed by atoms with Crippen molar-refractivity contribution >= 4 is 21.4 Å². The highest BCUT2D eigenvalue weighted by atomic mass is 35.5. The highest BCUT2D eigenvalue weighted by Gasteiger charge is 2.28. The number of aromatic nitrogens is 2. The van der Waals surface area contributed by atoms with Crippen molar-refractivity contribution < 1.29 is 8.42 Å². The van der Waals surface area contributed by atoms with Crippen LogP contribution in [0, 0.1) is 0 Å². The molecular weight excluding hydrogens is 264 g/mol. The van der Waals surface area contributed by atoms with Crippen LogP contribution in [0.1, 0.15) is 20.8 Å². The summed E-state index contributed by atoms with van der Waals surface area (Å²) in [7, 11) is -3.25. The van der Waals surface area contributed by atoms with E-state index in [2.05, 4.69) is 4.98 Å². The average molecular weight is 279 g/mol. The number of rotatable bonds is 3. The maximum absolute atomic E-state index is 11.9. The number of sulfone groups is 1. The van der Waals surface area contributed by atoms with Crippen molar-refractivity contribution in [1.29, 1.82) is 0 Å². The second-order valence-corrected chi connectivity index (χ2v) is 7.87. The Morgan fingerprint density at radius 1 is 1.41 bits per heavy atom. The minimum Gasteiger partial charge on any atom is -0.310 e. The predicted molar refractivity (Wildman–Crippen MR) is 67.0 cm³/mol. The highest BCUT2D eigenvalue weighted by molar-refractivity contribution is 7.92. The largest absolute Gasteiger partial charge is 0.310 e. The predicted octanol–water partition coefficient (Wildman–Crippen LogP) is 1.11. The second-order valence-electron chi connectivity index (χ2n) is 4.65. The zero-order valence-electron chi connectivity index (χ0n) is 9.97. The number of halogens is 1. The third-order valence-electron chi connectivity index (χ3n) is 2.41. The third kappa shape index (κ3) is 3.29. The Morgan fingerprint density at radius 3 is 2.53 bits per heavy atom. The number of hydrogen-bond donors (Lipinski definition) is 0. The normalized spacial score (nSPS) is 12.7. The smallest absolute Gasteiger partial charge is 0.288 e. The first kappa shape index (κ1) is 14.2. The molecule has 0 amide bonds. The van der Waals surface area contributed by atoms with Gasteiger partial charge in [0.1, 0.15) is 0 Å². The monoisotopic (exact) mass is 278 g/mol. The molecule has 0 aliphatic rings. The Bertz CT molecular complexity index is 558. The molecule has 1 rings (SSSR count). The Kier molecular flexibility index (Phi) is 3.99. The second kappa shape index (κ2) is 4.78. The maximum Gasteiger partial charge on any atom is 0.288 e. The van der Waals surface area contributed by atoms with Gasteiger partial charge in [0.15, 0.2) is 15.0 Å². The Balaban J connectivity index is 2.90. The van der Waals surface area contributed by atoms with Crippen molar-refractivity contribution in [3.8, 4) is 0 Å². The van der Waals surface area contributed by atoms with E-state index in [1.165, 1.54) is 17.0 Å².